The molecule has 250 valence electrons. The Morgan fingerprint density at radius 1 is 0.867 bits per heavy atom. The number of hydrogen-bond donors (Lipinski definition) is 4. The molecule has 14 heteroatoms. The summed E-state index contributed by atoms with van der Waals surface area (Å²) in [5.41, 5.74) is 0.657. The maximum atomic E-state index is 13.0. The monoisotopic (exact) mass is 633 g/mol. The van der Waals surface area contributed by atoms with Gasteiger partial charge in [-0.25, -0.2) is 4.39 Å². The number of carbonyl (C=O) groups excluding carboxylic acids is 1. The van der Waals surface area contributed by atoms with Gasteiger partial charge in [-0.15, -0.1) is 0 Å². The molecule has 4 rings (SSSR count). The van der Waals surface area contributed by atoms with E-state index >= 15 is 0 Å². The first kappa shape index (κ1) is 34.5. The first-order chi connectivity index (χ1) is 22.1. The van der Waals surface area contributed by atoms with Gasteiger partial charge in [-0.1, -0.05) is 25.3 Å². The molecule has 13 nitrogen and oxygen atoms in total. The molecule has 0 radical (unpaired) electrons. The zero-order valence-electron chi connectivity index (χ0n) is 26.1. The second-order valence-electron chi connectivity index (χ2n) is 11.2. The van der Waals surface area contributed by atoms with Crippen LogP contribution in [0.15, 0.2) is 24.3 Å². The summed E-state index contributed by atoms with van der Waals surface area (Å²) < 4.78 is 33.8. The van der Waals surface area contributed by atoms with Crippen molar-refractivity contribution in [1.29, 1.82) is 0 Å². The highest BCUT2D eigenvalue weighted by atomic mass is 19.1. The van der Waals surface area contributed by atoms with Gasteiger partial charge in [0.1, 0.15) is 5.75 Å². The molecule has 2 aromatic rings. The normalized spacial score (nSPS) is 16.9. The van der Waals surface area contributed by atoms with Crippen LogP contribution in [0.3, 0.4) is 0 Å². The van der Waals surface area contributed by atoms with Crippen LogP contribution in [0.25, 0.3) is 0 Å². The number of nitrogens with zero attached hydrogens (tertiary/aromatic N) is 4. The fraction of sp³-hybridized carbons (Fsp3) is 0.677. The van der Waals surface area contributed by atoms with Gasteiger partial charge in [0.05, 0.1) is 52.7 Å². The van der Waals surface area contributed by atoms with Gasteiger partial charge in [-0.05, 0) is 43.7 Å². The van der Waals surface area contributed by atoms with Gasteiger partial charge in [0, 0.05) is 37.4 Å². The molecule has 1 atom stereocenters. The third-order valence-corrected chi connectivity index (χ3v) is 7.85. The second kappa shape index (κ2) is 19.9. The molecule has 2 aliphatic rings. The Kier molecular flexibility index (Phi) is 15.3. The molecule has 0 spiro atoms. The molecular weight excluding hydrogens is 585 g/mol. The zero-order valence-corrected chi connectivity index (χ0v) is 26.1. The minimum Gasteiger partial charge on any atom is -0.463 e. The molecule has 4 N–H and O–H groups in total. The van der Waals surface area contributed by atoms with E-state index < -0.39 is 6.86 Å². The lowest BCUT2D eigenvalue weighted by Gasteiger charge is -2.25. The van der Waals surface area contributed by atoms with Crippen molar-refractivity contribution in [3.05, 3.63) is 24.3 Å². The number of halogens is 1. The van der Waals surface area contributed by atoms with Gasteiger partial charge >= 0.3 is 0 Å². The van der Waals surface area contributed by atoms with Crippen LogP contribution in [-0.4, -0.2) is 110 Å². The lowest BCUT2D eigenvalue weighted by atomic mass is 9.89. The molecule has 1 saturated heterocycles. The number of rotatable bonds is 21. The number of alkyl halides is 1. The molecule has 1 unspecified atom stereocenters. The van der Waals surface area contributed by atoms with Crippen molar-refractivity contribution in [2.45, 2.75) is 57.4 Å². The maximum absolute atomic E-state index is 13.0. The predicted molar refractivity (Wildman–Crippen MR) is 169 cm³/mol. The van der Waals surface area contributed by atoms with Crippen LogP contribution in [-0.2, 0) is 19.0 Å². The van der Waals surface area contributed by atoms with E-state index in [0.29, 0.717) is 94.4 Å². The smallest absolute Gasteiger partial charge is 0.233 e. The number of nitrogens with one attached hydrogen (secondary N) is 3. The summed E-state index contributed by atoms with van der Waals surface area (Å²) in [5, 5.41) is 18.6. The second-order valence-corrected chi connectivity index (χ2v) is 11.2. The summed E-state index contributed by atoms with van der Waals surface area (Å²) in [6.07, 6.45) is 8.30. The number of aliphatic hydroxyl groups excluding tert-OH is 1. The van der Waals surface area contributed by atoms with Crippen LogP contribution in [0.2, 0.25) is 0 Å². The van der Waals surface area contributed by atoms with Crippen molar-refractivity contribution in [1.82, 2.24) is 19.9 Å². The summed E-state index contributed by atoms with van der Waals surface area (Å²) in [7, 11) is 0. The molecule has 45 heavy (non-hydrogen) atoms. The van der Waals surface area contributed by atoms with Crippen molar-refractivity contribution in [3.63, 3.8) is 0 Å². The van der Waals surface area contributed by atoms with Crippen LogP contribution in [0.5, 0.6) is 5.75 Å². The van der Waals surface area contributed by atoms with E-state index in [1.54, 1.807) is 18.2 Å². The summed E-state index contributed by atoms with van der Waals surface area (Å²) in [5.74, 6) is 2.25. The van der Waals surface area contributed by atoms with E-state index in [4.69, 9.17) is 24.1 Å². The van der Waals surface area contributed by atoms with Gasteiger partial charge < -0.3 is 44.9 Å². The number of benzene rings is 1. The fourth-order valence-electron chi connectivity index (χ4n) is 5.57. The molecule has 2 fully saturated rings. The molecule has 1 aliphatic heterocycles. The van der Waals surface area contributed by atoms with Crippen LogP contribution >= 0.6 is 0 Å². The number of likely N-dealkylation sites (tertiary alicyclic amines) is 1. The summed E-state index contributed by atoms with van der Waals surface area (Å²) in [6, 6.07) is 6.96. The summed E-state index contributed by atoms with van der Waals surface area (Å²) >= 11 is 0. The molecule has 1 saturated carbocycles. The summed E-state index contributed by atoms with van der Waals surface area (Å²) in [4.78, 5) is 28.7. The van der Waals surface area contributed by atoms with E-state index in [-0.39, 0.29) is 18.6 Å². The number of aromatic nitrogens is 3. The van der Waals surface area contributed by atoms with Crippen LogP contribution in [0.1, 0.15) is 51.4 Å². The highest BCUT2D eigenvalue weighted by Crippen LogP contribution is 2.25. The van der Waals surface area contributed by atoms with Crippen molar-refractivity contribution in [2.75, 3.05) is 88.7 Å². The molecule has 0 bridgehead atoms. The van der Waals surface area contributed by atoms with Gasteiger partial charge in [-0.3, -0.25) is 4.79 Å². The Labute approximate surface area is 264 Å². The van der Waals surface area contributed by atoms with Crippen LogP contribution in [0, 0.1) is 5.92 Å². The van der Waals surface area contributed by atoms with Crippen molar-refractivity contribution < 1.29 is 33.2 Å². The third kappa shape index (κ3) is 12.5. The lowest BCUT2D eigenvalue weighted by molar-refractivity contribution is -0.133. The SMILES string of the molecule is O=C(CCOCCOCCOCCO)N1CCCC1CNc1nc(NCC2CCCCC2)nc(Nc2cccc(OCF)c2)n1. The van der Waals surface area contributed by atoms with E-state index in [2.05, 4.69) is 30.9 Å². The van der Waals surface area contributed by atoms with Gasteiger partial charge in [0.25, 0.3) is 0 Å². The molecule has 1 aromatic carbocycles. The Bertz CT molecular complexity index is 1140. The minimum atomic E-state index is -0.912. The zero-order chi connectivity index (χ0) is 31.5. The van der Waals surface area contributed by atoms with E-state index in [1.807, 2.05) is 11.0 Å². The molecule has 1 aliphatic carbocycles. The molecular formula is C31H48FN7O6. The Morgan fingerprint density at radius 2 is 1.56 bits per heavy atom. The average molecular weight is 634 g/mol. The van der Waals surface area contributed by atoms with Crippen molar-refractivity contribution >= 4 is 29.4 Å². The van der Waals surface area contributed by atoms with Gasteiger partial charge in [0.15, 0.2) is 0 Å². The van der Waals surface area contributed by atoms with E-state index in [9.17, 15) is 9.18 Å². The molecule has 1 amide bonds. The van der Waals surface area contributed by atoms with Crippen molar-refractivity contribution in [3.8, 4) is 5.75 Å². The largest absolute Gasteiger partial charge is 0.463 e. The first-order valence-electron chi connectivity index (χ1n) is 16.1. The highest BCUT2D eigenvalue weighted by molar-refractivity contribution is 5.77. The standard InChI is InChI=1S/C31H48FN7O6/c32-23-45-27-10-4-8-25(20-27)35-31-37-29(33-21-24-6-2-1-3-7-24)36-30(38-31)34-22-26-9-5-12-39(26)28(41)11-14-42-16-18-44-19-17-43-15-13-40/h4,8,10,20,24,26,40H,1-3,5-7,9,11-19,21-23H2,(H3,33,34,35,36,37,38). The Morgan fingerprint density at radius 3 is 2.29 bits per heavy atom. The minimum absolute atomic E-state index is 0.00401. The number of anilines is 4. The number of hydrogen-bond acceptors (Lipinski definition) is 12. The van der Waals surface area contributed by atoms with Crippen molar-refractivity contribution in [2.24, 2.45) is 5.92 Å². The average Bonchev–Trinajstić information content (AvgIpc) is 3.53. The molecule has 2 heterocycles. The first-order valence-corrected chi connectivity index (χ1v) is 16.1. The summed E-state index contributed by atoms with van der Waals surface area (Å²) in [6.45, 7) is 3.40. The lowest BCUT2D eigenvalue weighted by Crippen LogP contribution is -2.40. The molecule has 1 aromatic heterocycles. The fourth-order valence-corrected chi connectivity index (χ4v) is 5.57. The number of amides is 1. The maximum Gasteiger partial charge on any atom is 0.233 e. The highest BCUT2D eigenvalue weighted by Gasteiger charge is 2.28. The van der Waals surface area contributed by atoms with E-state index in [0.717, 1.165) is 19.4 Å². The Hall–Kier alpha value is -3.33. The topological polar surface area (TPSA) is 152 Å². The van der Waals surface area contributed by atoms with E-state index in [1.165, 1.54) is 32.1 Å². The third-order valence-electron chi connectivity index (χ3n) is 7.85. The number of aliphatic hydroxyl groups is 1. The quantitative estimate of drug-likeness (QED) is 0.148. The van der Waals surface area contributed by atoms with Gasteiger partial charge in [-0.2, -0.15) is 15.0 Å². The predicted octanol–water partition coefficient (Wildman–Crippen LogP) is 3.75. The van der Waals surface area contributed by atoms with Crippen LogP contribution in [0.4, 0.5) is 27.9 Å². The Balaban J connectivity index is 1.28. The van der Waals surface area contributed by atoms with Gasteiger partial charge in [0.2, 0.25) is 30.6 Å². The number of carbonyl (C=O) groups is 1. The van der Waals surface area contributed by atoms with Crippen LogP contribution < -0.4 is 20.7 Å². The number of ether oxygens (including phenoxy) is 4.